The number of hydrogen-bond donors (Lipinski definition) is 2. The Morgan fingerprint density at radius 2 is 2.06 bits per heavy atom. The molecule has 0 aliphatic carbocycles. The number of fused-ring (bicyclic) bond motifs is 1. The number of aromatic nitrogens is 3. The number of ether oxygens (including phenoxy) is 1. The third-order valence-electron chi connectivity index (χ3n) is 4.23. The lowest BCUT2D eigenvalue weighted by Gasteiger charge is -2.27. The highest BCUT2D eigenvalue weighted by Gasteiger charge is 2.38. The minimum absolute atomic E-state index is 0.248. The van der Waals surface area contributed by atoms with Gasteiger partial charge >= 0.3 is 12.1 Å². The Labute approximate surface area is 178 Å². The van der Waals surface area contributed by atoms with Gasteiger partial charge in [0.25, 0.3) is 0 Å². The predicted octanol–water partition coefficient (Wildman–Crippen LogP) is 2.65. The second-order valence-electron chi connectivity index (χ2n) is 6.65. The molecule has 1 fully saturated rings. The first-order chi connectivity index (χ1) is 14.6. The molecule has 1 aliphatic heterocycles. The number of likely N-dealkylation sites (N-methyl/N-ethyl adjacent to an activating group) is 1. The van der Waals surface area contributed by atoms with Crippen molar-refractivity contribution in [2.45, 2.75) is 12.2 Å². The number of halogens is 4. The minimum atomic E-state index is -5.08. The Balaban J connectivity index is 0.000000339. The van der Waals surface area contributed by atoms with E-state index in [1.54, 1.807) is 16.6 Å². The Bertz CT molecular complexity index is 984. The highest BCUT2D eigenvalue weighted by molar-refractivity contribution is 7.20. The van der Waals surface area contributed by atoms with Crippen LogP contribution >= 0.6 is 11.3 Å². The van der Waals surface area contributed by atoms with E-state index in [-0.39, 0.29) is 5.82 Å². The molecule has 1 aromatic carbocycles. The number of carbonyl (C=O) groups is 1. The van der Waals surface area contributed by atoms with E-state index in [1.165, 1.54) is 23.5 Å². The molecule has 1 unspecified atom stereocenters. The summed E-state index contributed by atoms with van der Waals surface area (Å²) < 4.78 is 52.0. The quantitative estimate of drug-likeness (QED) is 0.577. The molecule has 13 heteroatoms. The van der Waals surface area contributed by atoms with Crippen molar-refractivity contribution in [2.24, 2.45) is 0 Å². The van der Waals surface area contributed by atoms with Crippen molar-refractivity contribution in [1.82, 2.24) is 19.9 Å². The largest absolute Gasteiger partial charge is 0.490 e. The monoisotopic (exact) mass is 461 g/mol. The van der Waals surface area contributed by atoms with Crippen LogP contribution in [0.25, 0.3) is 16.2 Å². The lowest BCUT2D eigenvalue weighted by atomic mass is 10.2. The van der Waals surface area contributed by atoms with Crippen LogP contribution in [0.15, 0.2) is 30.5 Å². The van der Waals surface area contributed by atoms with E-state index in [0.717, 1.165) is 47.7 Å². The van der Waals surface area contributed by atoms with Crippen molar-refractivity contribution in [3.8, 4) is 11.3 Å². The third kappa shape index (κ3) is 6.12. The van der Waals surface area contributed by atoms with Crippen LogP contribution in [0.1, 0.15) is 0 Å². The lowest BCUT2D eigenvalue weighted by Crippen LogP contribution is -2.47. The van der Waals surface area contributed by atoms with Gasteiger partial charge in [0.2, 0.25) is 10.1 Å². The maximum Gasteiger partial charge on any atom is 0.490 e. The van der Waals surface area contributed by atoms with Gasteiger partial charge in [-0.05, 0) is 24.3 Å². The topological polar surface area (TPSA) is 92.0 Å². The van der Waals surface area contributed by atoms with Crippen LogP contribution in [0.4, 0.5) is 22.7 Å². The molecule has 0 bridgehead atoms. The van der Waals surface area contributed by atoms with Crippen molar-refractivity contribution >= 4 is 27.4 Å². The second-order valence-corrected chi connectivity index (χ2v) is 7.59. The number of carboxylic acid groups (broad SMARTS) is 1. The Kier molecular flexibility index (Phi) is 7.08. The highest BCUT2D eigenvalue weighted by atomic mass is 32.1. The Hall–Kier alpha value is -2.77. The molecule has 31 heavy (non-hydrogen) atoms. The van der Waals surface area contributed by atoms with Crippen LogP contribution in [-0.2, 0) is 9.53 Å². The molecule has 8 nitrogen and oxygen atoms in total. The van der Waals surface area contributed by atoms with Crippen LogP contribution < -0.4 is 10.2 Å². The van der Waals surface area contributed by atoms with Gasteiger partial charge in [0.15, 0.2) is 0 Å². The number of morpholine rings is 1. The van der Waals surface area contributed by atoms with Crippen molar-refractivity contribution < 1.29 is 32.2 Å². The zero-order chi connectivity index (χ0) is 22.6. The second kappa shape index (κ2) is 9.58. The fourth-order valence-electron chi connectivity index (χ4n) is 2.75. The van der Waals surface area contributed by atoms with Gasteiger partial charge in [-0.25, -0.2) is 18.7 Å². The normalized spacial score (nSPS) is 16.6. The summed E-state index contributed by atoms with van der Waals surface area (Å²) in [5.74, 6) is -3.00. The summed E-state index contributed by atoms with van der Waals surface area (Å²) in [5.41, 5.74) is 1.68. The summed E-state index contributed by atoms with van der Waals surface area (Å²) in [6.07, 6.45) is -3.21. The van der Waals surface area contributed by atoms with E-state index < -0.39 is 12.1 Å². The number of hydrogen-bond acceptors (Lipinski definition) is 7. The maximum atomic E-state index is 13.0. The molecule has 0 amide bonds. The van der Waals surface area contributed by atoms with Crippen molar-refractivity contribution in [1.29, 1.82) is 0 Å². The van der Waals surface area contributed by atoms with Gasteiger partial charge in [0.05, 0.1) is 25.1 Å². The van der Waals surface area contributed by atoms with Gasteiger partial charge < -0.3 is 20.1 Å². The summed E-state index contributed by atoms with van der Waals surface area (Å²) in [7, 11) is 2.02. The molecular formula is C18H19F4N5O3S. The van der Waals surface area contributed by atoms with Gasteiger partial charge in [0.1, 0.15) is 5.82 Å². The zero-order valence-corrected chi connectivity index (χ0v) is 17.1. The van der Waals surface area contributed by atoms with Crippen LogP contribution in [0, 0.1) is 5.82 Å². The number of rotatable bonds is 4. The van der Waals surface area contributed by atoms with E-state index in [2.05, 4.69) is 20.3 Å². The fourth-order valence-corrected chi connectivity index (χ4v) is 3.60. The molecule has 3 aromatic rings. The fraction of sp³-hybridized carbons (Fsp3) is 0.389. The smallest absolute Gasteiger partial charge is 0.475 e. The standard InChI is InChI=1S/C16H18FN5OS.C2HF3O2/c1-21(8-13-10-23-7-6-18-13)16-20-22-9-14(19-15(22)24-16)11-2-4-12(17)5-3-11;3-2(4,5)1(6)7/h2-5,9,13,18H,6-8,10H2,1H3;(H,6,7). The first kappa shape index (κ1) is 22.9. The van der Waals surface area contributed by atoms with Gasteiger partial charge in [-0.2, -0.15) is 13.2 Å². The Morgan fingerprint density at radius 3 is 2.61 bits per heavy atom. The first-order valence-corrected chi connectivity index (χ1v) is 9.89. The lowest BCUT2D eigenvalue weighted by molar-refractivity contribution is -0.192. The van der Waals surface area contributed by atoms with Crippen LogP contribution in [-0.4, -0.2) is 71.2 Å². The van der Waals surface area contributed by atoms with Gasteiger partial charge in [-0.15, -0.1) is 5.10 Å². The molecule has 1 saturated heterocycles. The SMILES string of the molecule is CN(CC1COCCN1)c1nn2cc(-c3ccc(F)cc3)nc2s1.O=C(O)C(F)(F)F. The summed E-state index contributed by atoms with van der Waals surface area (Å²) in [4.78, 5) is 16.4. The van der Waals surface area contributed by atoms with Crippen molar-refractivity contribution in [3.05, 3.63) is 36.3 Å². The molecular weight excluding hydrogens is 442 g/mol. The number of benzene rings is 1. The number of alkyl halides is 3. The van der Waals surface area contributed by atoms with Crippen LogP contribution in [0.2, 0.25) is 0 Å². The van der Waals surface area contributed by atoms with Crippen molar-refractivity contribution in [2.75, 3.05) is 38.3 Å². The van der Waals surface area contributed by atoms with Gasteiger partial charge in [-0.3, -0.25) is 0 Å². The summed E-state index contributed by atoms with van der Waals surface area (Å²) >= 11 is 1.54. The van der Waals surface area contributed by atoms with Crippen LogP contribution in [0.3, 0.4) is 0 Å². The van der Waals surface area contributed by atoms with E-state index >= 15 is 0 Å². The predicted molar refractivity (Wildman–Crippen MR) is 106 cm³/mol. The average Bonchev–Trinajstić information content (AvgIpc) is 3.28. The maximum absolute atomic E-state index is 13.0. The van der Waals surface area contributed by atoms with E-state index in [9.17, 15) is 17.6 Å². The summed E-state index contributed by atoms with van der Waals surface area (Å²) in [6.45, 7) is 3.22. The molecule has 1 atom stereocenters. The van der Waals surface area contributed by atoms with E-state index in [4.69, 9.17) is 14.6 Å². The number of nitrogens with zero attached hydrogens (tertiary/aromatic N) is 4. The molecule has 4 rings (SSSR count). The number of imidazole rings is 1. The molecule has 168 valence electrons. The number of anilines is 1. The highest BCUT2D eigenvalue weighted by Crippen LogP contribution is 2.26. The van der Waals surface area contributed by atoms with Gasteiger partial charge in [0, 0.05) is 31.7 Å². The molecule has 0 saturated carbocycles. The van der Waals surface area contributed by atoms with Gasteiger partial charge in [-0.1, -0.05) is 11.3 Å². The Morgan fingerprint density at radius 1 is 1.39 bits per heavy atom. The third-order valence-corrected chi connectivity index (χ3v) is 5.27. The van der Waals surface area contributed by atoms with E-state index in [1.807, 2.05) is 13.2 Å². The molecule has 3 heterocycles. The summed E-state index contributed by atoms with van der Waals surface area (Å²) in [6, 6.07) is 6.64. The van der Waals surface area contributed by atoms with Crippen molar-refractivity contribution in [3.63, 3.8) is 0 Å². The average molecular weight is 461 g/mol. The number of aliphatic carboxylic acids is 1. The minimum Gasteiger partial charge on any atom is -0.475 e. The molecule has 0 spiro atoms. The molecule has 1 aliphatic rings. The zero-order valence-electron chi connectivity index (χ0n) is 16.3. The van der Waals surface area contributed by atoms with E-state index in [0.29, 0.717) is 6.04 Å². The number of nitrogens with one attached hydrogen (secondary N) is 1. The number of carboxylic acids is 1. The molecule has 2 aromatic heterocycles. The summed E-state index contributed by atoms with van der Waals surface area (Å²) in [5, 5.41) is 16.1. The molecule has 2 N–H and O–H groups in total. The first-order valence-electron chi connectivity index (χ1n) is 9.08. The van der Waals surface area contributed by atoms with Crippen LogP contribution in [0.5, 0.6) is 0 Å². The molecule has 0 radical (unpaired) electrons.